The molecule has 1 aliphatic heterocycles. The maximum absolute atomic E-state index is 3.54. The van der Waals surface area contributed by atoms with E-state index in [2.05, 4.69) is 70.1 Å². The Kier molecular flexibility index (Phi) is 5.34. The van der Waals surface area contributed by atoms with Crippen molar-refractivity contribution in [1.82, 2.24) is 10.2 Å². The Morgan fingerprint density at radius 2 is 1.68 bits per heavy atom. The molecule has 0 unspecified atom stereocenters. The summed E-state index contributed by atoms with van der Waals surface area (Å²) >= 11 is 0. The first-order chi connectivity index (χ1) is 12.4. The molecule has 0 aromatic heterocycles. The first kappa shape index (κ1) is 16.6. The van der Waals surface area contributed by atoms with Gasteiger partial charge < -0.3 is 10.6 Å². The first-order valence-corrected chi connectivity index (χ1v) is 9.73. The Morgan fingerprint density at radius 3 is 2.32 bits per heavy atom. The number of benzene rings is 2. The summed E-state index contributed by atoms with van der Waals surface area (Å²) in [4.78, 5) is 2.70. The third-order valence-electron chi connectivity index (χ3n) is 5.73. The molecule has 2 N–H and O–H groups in total. The Balaban J connectivity index is 1.43. The predicted molar refractivity (Wildman–Crippen MR) is 105 cm³/mol. The van der Waals surface area contributed by atoms with Crippen LogP contribution < -0.4 is 10.6 Å². The van der Waals surface area contributed by atoms with E-state index in [9.17, 15) is 0 Å². The van der Waals surface area contributed by atoms with Gasteiger partial charge in [-0.05, 0) is 42.0 Å². The lowest BCUT2D eigenvalue weighted by molar-refractivity contribution is 0.0837. The zero-order chi connectivity index (χ0) is 16.9. The van der Waals surface area contributed by atoms with E-state index < -0.39 is 0 Å². The quantitative estimate of drug-likeness (QED) is 0.834. The number of hydrogen-bond acceptors (Lipinski definition) is 3. The van der Waals surface area contributed by atoms with Crippen molar-refractivity contribution in [3.63, 3.8) is 0 Å². The van der Waals surface area contributed by atoms with Gasteiger partial charge in [0.1, 0.15) is 0 Å². The van der Waals surface area contributed by atoms with Gasteiger partial charge in [0.25, 0.3) is 0 Å². The minimum atomic E-state index is 0.610. The normalized spacial score (nSPS) is 20.0. The van der Waals surface area contributed by atoms with E-state index in [-0.39, 0.29) is 0 Å². The van der Waals surface area contributed by atoms with E-state index in [0.717, 1.165) is 25.6 Å². The number of hydrogen-bond donors (Lipinski definition) is 2. The van der Waals surface area contributed by atoms with Crippen LogP contribution in [0.1, 0.15) is 36.4 Å². The molecule has 1 saturated heterocycles. The molecule has 2 aliphatic rings. The molecule has 2 aromatic carbocycles. The van der Waals surface area contributed by atoms with Gasteiger partial charge in [-0.1, -0.05) is 48.9 Å². The summed E-state index contributed by atoms with van der Waals surface area (Å²) in [7, 11) is 0. The average molecular weight is 335 g/mol. The van der Waals surface area contributed by atoms with Crippen molar-refractivity contribution in [2.24, 2.45) is 5.92 Å². The standard InChI is InChI=1S/C22H29N3/c1-2-5-18(6-3-1)17-24-21-11-9-20(10-12-21)22(19-7-4-8-19)25-15-13-23-14-16-25/h1-3,5-6,9-12,19,22-24H,4,7-8,13-17H2/t22-/m0/s1. The van der Waals surface area contributed by atoms with Gasteiger partial charge in [-0.2, -0.15) is 0 Å². The van der Waals surface area contributed by atoms with E-state index >= 15 is 0 Å². The molecule has 1 saturated carbocycles. The summed E-state index contributed by atoms with van der Waals surface area (Å²) in [6.07, 6.45) is 4.19. The monoisotopic (exact) mass is 335 g/mol. The second-order valence-corrected chi connectivity index (χ2v) is 7.38. The summed E-state index contributed by atoms with van der Waals surface area (Å²) in [6.45, 7) is 5.48. The molecule has 1 atom stereocenters. The zero-order valence-electron chi connectivity index (χ0n) is 15.0. The summed E-state index contributed by atoms with van der Waals surface area (Å²) in [6, 6.07) is 20.4. The molecule has 1 aliphatic carbocycles. The van der Waals surface area contributed by atoms with Crippen molar-refractivity contribution < 1.29 is 0 Å². The van der Waals surface area contributed by atoms with Crippen LogP contribution in [-0.4, -0.2) is 31.1 Å². The first-order valence-electron chi connectivity index (χ1n) is 9.73. The van der Waals surface area contributed by atoms with Gasteiger partial charge in [0.2, 0.25) is 0 Å². The highest BCUT2D eigenvalue weighted by Gasteiger charge is 2.33. The molecular weight excluding hydrogens is 306 g/mol. The Bertz CT molecular complexity index is 643. The molecule has 0 spiro atoms. The molecule has 0 bridgehead atoms. The van der Waals surface area contributed by atoms with Crippen molar-refractivity contribution in [3.05, 3.63) is 65.7 Å². The van der Waals surface area contributed by atoms with Gasteiger partial charge in [0.15, 0.2) is 0 Å². The van der Waals surface area contributed by atoms with E-state index in [1.54, 1.807) is 0 Å². The Labute approximate surface area is 151 Å². The minimum Gasteiger partial charge on any atom is -0.381 e. The average Bonchev–Trinajstić information content (AvgIpc) is 2.65. The summed E-state index contributed by atoms with van der Waals surface area (Å²) in [5.74, 6) is 0.848. The van der Waals surface area contributed by atoms with Crippen LogP contribution in [0.4, 0.5) is 5.69 Å². The Morgan fingerprint density at radius 1 is 0.960 bits per heavy atom. The van der Waals surface area contributed by atoms with Gasteiger partial charge in [-0.25, -0.2) is 0 Å². The molecular formula is C22H29N3. The highest BCUT2D eigenvalue weighted by molar-refractivity contribution is 5.46. The van der Waals surface area contributed by atoms with Crippen LogP contribution in [0.3, 0.4) is 0 Å². The maximum Gasteiger partial charge on any atom is 0.0400 e. The molecule has 3 heteroatoms. The molecule has 1 heterocycles. The third-order valence-corrected chi connectivity index (χ3v) is 5.73. The summed E-state index contributed by atoms with van der Waals surface area (Å²) in [5, 5.41) is 7.03. The number of rotatable bonds is 6. The molecule has 25 heavy (non-hydrogen) atoms. The van der Waals surface area contributed by atoms with Crippen molar-refractivity contribution in [3.8, 4) is 0 Å². The molecule has 3 nitrogen and oxygen atoms in total. The van der Waals surface area contributed by atoms with Gasteiger partial charge in [0, 0.05) is 44.5 Å². The molecule has 0 radical (unpaired) electrons. The fourth-order valence-corrected chi connectivity index (χ4v) is 4.10. The SMILES string of the molecule is c1ccc(CNc2ccc([C@H](C3CCC3)N3CCNCC3)cc2)cc1. The molecule has 132 valence electrons. The highest BCUT2D eigenvalue weighted by Crippen LogP contribution is 2.41. The molecule has 0 amide bonds. The summed E-state index contributed by atoms with van der Waals surface area (Å²) < 4.78 is 0. The van der Waals surface area contributed by atoms with Crippen LogP contribution >= 0.6 is 0 Å². The van der Waals surface area contributed by atoms with Crippen LogP contribution in [0, 0.1) is 5.92 Å². The Hall–Kier alpha value is -1.84. The third kappa shape index (κ3) is 4.05. The second-order valence-electron chi connectivity index (χ2n) is 7.38. The number of nitrogens with zero attached hydrogens (tertiary/aromatic N) is 1. The molecule has 2 fully saturated rings. The van der Waals surface area contributed by atoms with Gasteiger partial charge in [-0.3, -0.25) is 4.90 Å². The van der Waals surface area contributed by atoms with Crippen LogP contribution in [-0.2, 0) is 6.54 Å². The smallest absolute Gasteiger partial charge is 0.0400 e. The second kappa shape index (κ2) is 8.03. The van der Waals surface area contributed by atoms with E-state index in [1.807, 2.05) is 0 Å². The number of piperazine rings is 1. The largest absolute Gasteiger partial charge is 0.381 e. The van der Waals surface area contributed by atoms with Crippen molar-refractivity contribution in [1.29, 1.82) is 0 Å². The number of anilines is 1. The fourth-order valence-electron chi connectivity index (χ4n) is 4.10. The van der Waals surface area contributed by atoms with Crippen LogP contribution in [0.15, 0.2) is 54.6 Å². The molecule has 2 aromatic rings. The lowest BCUT2D eigenvalue weighted by Gasteiger charge is -2.43. The maximum atomic E-state index is 3.54. The van der Waals surface area contributed by atoms with Gasteiger partial charge in [-0.15, -0.1) is 0 Å². The van der Waals surface area contributed by atoms with Crippen molar-refractivity contribution >= 4 is 5.69 Å². The fraction of sp³-hybridized carbons (Fsp3) is 0.455. The predicted octanol–water partition coefficient (Wildman–Crippen LogP) is 4.05. The van der Waals surface area contributed by atoms with E-state index in [1.165, 1.54) is 49.2 Å². The van der Waals surface area contributed by atoms with Crippen molar-refractivity contribution in [2.45, 2.75) is 31.8 Å². The van der Waals surface area contributed by atoms with Crippen LogP contribution in [0.2, 0.25) is 0 Å². The van der Waals surface area contributed by atoms with E-state index in [4.69, 9.17) is 0 Å². The van der Waals surface area contributed by atoms with Crippen LogP contribution in [0.5, 0.6) is 0 Å². The van der Waals surface area contributed by atoms with Crippen LogP contribution in [0.25, 0.3) is 0 Å². The summed E-state index contributed by atoms with van der Waals surface area (Å²) in [5.41, 5.74) is 4.02. The topological polar surface area (TPSA) is 27.3 Å². The van der Waals surface area contributed by atoms with Crippen molar-refractivity contribution in [2.75, 3.05) is 31.5 Å². The minimum absolute atomic E-state index is 0.610. The highest BCUT2D eigenvalue weighted by atomic mass is 15.2. The van der Waals surface area contributed by atoms with Gasteiger partial charge in [0.05, 0.1) is 0 Å². The lowest BCUT2D eigenvalue weighted by atomic mass is 9.76. The number of nitrogens with one attached hydrogen (secondary N) is 2. The lowest BCUT2D eigenvalue weighted by Crippen LogP contribution is -2.47. The van der Waals surface area contributed by atoms with Gasteiger partial charge >= 0.3 is 0 Å². The van der Waals surface area contributed by atoms with E-state index in [0.29, 0.717) is 6.04 Å². The molecule has 4 rings (SSSR count). The zero-order valence-corrected chi connectivity index (χ0v) is 15.0.